The molecule has 78 valence electrons. The number of pyridine rings is 1. The zero-order valence-electron chi connectivity index (χ0n) is 8.42. The molecule has 0 spiro atoms. The molecule has 0 unspecified atom stereocenters. The van der Waals surface area contributed by atoms with Crippen molar-refractivity contribution >= 4 is 0 Å². The number of aromatic nitrogens is 3. The fourth-order valence-corrected chi connectivity index (χ4v) is 1.22. The van der Waals surface area contributed by atoms with E-state index < -0.39 is 0 Å². The Balaban J connectivity index is 2.16. The Morgan fingerprint density at radius 1 is 1.47 bits per heavy atom. The van der Waals surface area contributed by atoms with Gasteiger partial charge in [0.1, 0.15) is 5.75 Å². The minimum atomic E-state index is 0.407. The molecule has 0 saturated carbocycles. The Kier molecular flexibility index (Phi) is 2.64. The molecule has 0 aliphatic heterocycles. The first-order valence-electron chi connectivity index (χ1n) is 4.59. The Morgan fingerprint density at radius 3 is 3.00 bits per heavy atom. The Morgan fingerprint density at radius 2 is 2.33 bits per heavy atom. The van der Waals surface area contributed by atoms with Crippen molar-refractivity contribution in [2.75, 3.05) is 0 Å². The molecule has 0 atom stereocenters. The van der Waals surface area contributed by atoms with Gasteiger partial charge in [0.05, 0.1) is 18.1 Å². The summed E-state index contributed by atoms with van der Waals surface area (Å²) in [5.74, 6) is 1.42. The third-order valence-electron chi connectivity index (χ3n) is 1.91. The van der Waals surface area contributed by atoms with Gasteiger partial charge in [-0.1, -0.05) is 0 Å². The maximum Gasteiger partial charge on any atom is 0.165 e. The molecule has 2 rings (SSSR count). The highest BCUT2D eigenvalue weighted by Crippen LogP contribution is 2.19. The van der Waals surface area contributed by atoms with Crippen molar-refractivity contribution in [3.8, 4) is 11.5 Å². The SMILES string of the molecule is Cn1cc(Oc2ccnc(CN)c2)cn1. The van der Waals surface area contributed by atoms with Gasteiger partial charge in [0, 0.05) is 25.9 Å². The predicted molar refractivity (Wildman–Crippen MR) is 55.4 cm³/mol. The van der Waals surface area contributed by atoms with Crippen LogP contribution in [0, 0.1) is 0 Å². The maximum atomic E-state index is 5.56. The van der Waals surface area contributed by atoms with E-state index in [4.69, 9.17) is 10.5 Å². The summed E-state index contributed by atoms with van der Waals surface area (Å²) < 4.78 is 7.24. The summed E-state index contributed by atoms with van der Waals surface area (Å²) in [6, 6.07) is 3.60. The number of rotatable bonds is 3. The monoisotopic (exact) mass is 204 g/mol. The fraction of sp³-hybridized carbons (Fsp3) is 0.200. The summed E-state index contributed by atoms with van der Waals surface area (Å²) in [6.45, 7) is 0.407. The zero-order valence-corrected chi connectivity index (χ0v) is 8.42. The van der Waals surface area contributed by atoms with Crippen LogP contribution in [0.15, 0.2) is 30.7 Å². The van der Waals surface area contributed by atoms with Crippen LogP contribution in [0.3, 0.4) is 0 Å². The van der Waals surface area contributed by atoms with Crippen molar-refractivity contribution in [1.82, 2.24) is 14.8 Å². The highest BCUT2D eigenvalue weighted by molar-refractivity contribution is 5.28. The molecule has 0 aromatic carbocycles. The fourth-order valence-electron chi connectivity index (χ4n) is 1.22. The van der Waals surface area contributed by atoms with Crippen molar-refractivity contribution in [1.29, 1.82) is 0 Å². The van der Waals surface area contributed by atoms with Gasteiger partial charge < -0.3 is 10.5 Å². The molecule has 0 bridgehead atoms. The molecule has 0 aliphatic rings. The quantitative estimate of drug-likeness (QED) is 0.812. The molecule has 2 aromatic rings. The Bertz CT molecular complexity index is 452. The third-order valence-corrected chi connectivity index (χ3v) is 1.91. The summed E-state index contributed by atoms with van der Waals surface area (Å²) >= 11 is 0. The second kappa shape index (κ2) is 4.10. The van der Waals surface area contributed by atoms with Gasteiger partial charge in [-0.3, -0.25) is 9.67 Å². The van der Waals surface area contributed by atoms with Crippen molar-refractivity contribution in [3.63, 3.8) is 0 Å². The third kappa shape index (κ3) is 2.32. The van der Waals surface area contributed by atoms with Gasteiger partial charge >= 0.3 is 0 Å². The summed E-state index contributed by atoms with van der Waals surface area (Å²) in [5.41, 5.74) is 6.28. The van der Waals surface area contributed by atoms with Crippen LogP contribution in [0.1, 0.15) is 5.69 Å². The van der Waals surface area contributed by atoms with Crippen LogP contribution in [0.4, 0.5) is 0 Å². The first kappa shape index (κ1) is 9.67. The van der Waals surface area contributed by atoms with E-state index in [1.807, 2.05) is 13.1 Å². The van der Waals surface area contributed by atoms with Crippen LogP contribution < -0.4 is 10.5 Å². The molecule has 2 heterocycles. The molecule has 2 N–H and O–H groups in total. The molecule has 15 heavy (non-hydrogen) atoms. The lowest BCUT2D eigenvalue weighted by molar-refractivity contribution is 0.480. The lowest BCUT2D eigenvalue weighted by Crippen LogP contribution is -1.99. The van der Waals surface area contributed by atoms with Gasteiger partial charge in [0.25, 0.3) is 0 Å². The minimum Gasteiger partial charge on any atom is -0.454 e. The molecule has 0 radical (unpaired) electrons. The average molecular weight is 204 g/mol. The molecule has 5 heteroatoms. The number of aryl methyl sites for hydroxylation is 1. The van der Waals surface area contributed by atoms with Gasteiger partial charge in [-0.15, -0.1) is 0 Å². The van der Waals surface area contributed by atoms with Crippen LogP contribution in [-0.4, -0.2) is 14.8 Å². The van der Waals surface area contributed by atoms with Gasteiger partial charge in [0.2, 0.25) is 0 Å². The van der Waals surface area contributed by atoms with Crippen molar-refractivity contribution in [2.24, 2.45) is 12.8 Å². The normalized spacial score (nSPS) is 10.3. The molecule has 0 fully saturated rings. The van der Waals surface area contributed by atoms with Gasteiger partial charge in [0.15, 0.2) is 5.75 Å². The second-order valence-corrected chi connectivity index (χ2v) is 3.14. The van der Waals surface area contributed by atoms with Gasteiger partial charge in [-0.25, -0.2) is 0 Å². The number of hydrogen-bond acceptors (Lipinski definition) is 4. The average Bonchev–Trinajstić information content (AvgIpc) is 2.64. The van der Waals surface area contributed by atoms with Crippen molar-refractivity contribution < 1.29 is 4.74 Å². The van der Waals surface area contributed by atoms with Crippen LogP contribution in [0.2, 0.25) is 0 Å². The van der Waals surface area contributed by atoms with Gasteiger partial charge in [-0.05, 0) is 6.07 Å². The summed E-state index contributed by atoms with van der Waals surface area (Å²) in [4.78, 5) is 4.08. The standard InChI is InChI=1S/C10H12N4O/c1-14-7-10(6-13-14)15-9-2-3-12-8(4-9)5-11/h2-4,6-7H,5,11H2,1H3. The van der Waals surface area contributed by atoms with Crippen LogP contribution >= 0.6 is 0 Å². The van der Waals surface area contributed by atoms with E-state index in [-0.39, 0.29) is 0 Å². The maximum absolute atomic E-state index is 5.56. The van der Waals surface area contributed by atoms with Crippen molar-refractivity contribution in [3.05, 3.63) is 36.4 Å². The topological polar surface area (TPSA) is 66.0 Å². The van der Waals surface area contributed by atoms with E-state index in [0.29, 0.717) is 12.3 Å². The van der Waals surface area contributed by atoms with E-state index in [0.717, 1.165) is 11.4 Å². The highest BCUT2D eigenvalue weighted by Gasteiger charge is 2.00. The molecule has 0 saturated heterocycles. The number of nitrogens with two attached hydrogens (primary N) is 1. The molecular formula is C10H12N4O. The lowest BCUT2D eigenvalue weighted by Gasteiger charge is -2.03. The zero-order chi connectivity index (χ0) is 10.7. The van der Waals surface area contributed by atoms with Crippen molar-refractivity contribution in [2.45, 2.75) is 6.54 Å². The van der Waals surface area contributed by atoms with Crippen LogP contribution in [0.25, 0.3) is 0 Å². The molecule has 2 aromatic heterocycles. The summed E-state index contributed by atoms with van der Waals surface area (Å²) in [7, 11) is 1.84. The second-order valence-electron chi connectivity index (χ2n) is 3.14. The smallest absolute Gasteiger partial charge is 0.165 e. The van der Waals surface area contributed by atoms with Crippen LogP contribution in [0.5, 0.6) is 11.5 Å². The Hall–Kier alpha value is -1.88. The van der Waals surface area contributed by atoms with Gasteiger partial charge in [-0.2, -0.15) is 5.10 Å². The molecular weight excluding hydrogens is 192 g/mol. The number of hydrogen-bond donors (Lipinski definition) is 1. The number of ether oxygens (including phenoxy) is 1. The van der Waals surface area contributed by atoms with Crippen LogP contribution in [-0.2, 0) is 13.6 Å². The first-order valence-corrected chi connectivity index (χ1v) is 4.59. The molecule has 0 aliphatic carbocycles. The van der Waals surface area contributed by atoms with E-state index in [1.54, 1.807) is 29.3 Å². The van der Waals surface area contributed by atoms with E-state index in [9.17, 15) is 0 Å². The molecule has 0 amide bonds. The largest absolute Gasteiger partial charge is 0.454 e. The predicted octanol–water partition coefficient (Wildman–Crippen LogP) is 1.07. The minimum absolute atomic E-state index is 0.407. The summed E-state index contributed by atoms with van der Waals surface area (Å²) in [5, 5.41) is 4.01. The number of nitrogens with zero attached hydrogens (tertiary/aromatic N) is 3. The highest BCUT2D eigenvalue weighted by atomic mass is 16.5. The lowest BCUT2D eigenvalue weighted by atomic mass is 10.3. The summed E-state index contributed by atoms with van der Waals surface area (Å²) in [6.07, 6.45) is 5.12. The first-order chi connectivity index (χ1) is 7.28. The van der Waals surface area contributed by atoms with E-state index in [2.05, 4.69) is 10.1 Å². The van der Waals surface area contributed by atoms with E-state index >= 15 is 0 Å². The Labute approximate surface area is 87.5 Å². The van der Waals surface area contributed by atoms with E-state index in [1.165, 1.54) is 0 Å². The molecule has 5 nitrogen and oxygen atoms in total.